The molecule has 1 aromatic carbocycles. The number of amides is 1. The van der Waals surface area contributed by atoms with Crippen molar-refractivity contribution in [1.82, 2.24) is 20.6 Å². The van der Waals surface area contributed by atoms with Crippen LogP contribution in [0, 0.1) is 6.92 Å². The van der Waals surface area contributed by atoms with E-state index in [0.29, 0.717) is 30.5 Å². The van der Waals surface area contributed by atoms with Crippen LogP contribution in [0.3, 0.4) is 0 Å². The maximum atomic E-state index is 12.8. The van der Waals surface area contributed by atoms with Crippen LogP contribution in [-0.4, -0.2) is 39.7 Å². The Kier molecular flexibility index (Phi) is 9.15. The predicted octanol–water partition coefficient (Wildman–Crippen LogP) is 4.98. The molecule has 0 aliphatic carbocycles. The second-order valence-electron chi connectivity index (χ2n) is 8.72. The Balaban J connectivity index is 2.28. The molecule has 11 nitrogen and oxygen atoms in total. The average Bonchev–Trinajstić information content (AvgIpc) is 3.45. The van der Waals surface area contributed by atoms with Crippen LogP contribution in [0.15, 0.2) is 21.2 Å². The molecule has 2 heterocycles. The summed E-state index contributed by atoms with van der Waals surface area (Å²) < 4.78 is 22.1. The molecular formula is C26H32N4O7. The van der Waals surface area contributed by atoms with Gasteiger partial charge in [-0.05, 0) is 37.3 Å². The van der Waals surface area contributed by atoms with Crippen molar-refractivity contribution in [3.05, 3.63) is 29.3 Å². The Morgan fingerprint density at radius 1 is 0.946 bits per heavy atom. The van der Waals surface area contributed by atoms with Crippen molar-refractivity contribution < 1.29 is 32.9 Å². The molecule has 0 saturated heterocycles. The van der Waals surface area contributed by atoms with E-state index in [1.54, 1.807) is 19.9 Å². The van der Waals surface area contributed by atoms with Gasteiger partial charge in [0.15, 0.2) is 11.5 Å². The molecular weight excluding hydrogens is 480 g/mol. The fourth-order valence-corrected chi connectivity index (χ4v) is 3.62. The number of ether oxygens (including phenoxy) is 2. The molecule has 198 valence electrons. The lowest BCUT2D eigenvalue weighted by molar-refractivity contribution is -0.134. The monoisotopic (exact) mass is 512 g/mol. The van der Waals surface area contributed by atoms with Crippen LogP contribution in [-0.2, 0) is 9.59 Å². The molecule has 0 radical (unpaired) electrons. The number of carbonyl (C=O) groups is 3. The third-order valence-corrected chi connectivity index (χ3v) is 5.33. The molecule has 1 amide bonds. The van der Waals surface area contributed by atoms with Crippen LogP contribution in [0.2, 0.25) is 0 Å². The highest BCUT2D eigenvalue weighted by atomic mass is 16.5. The first-order valence-corrected chi connectivity index (χ1v) is 12.4. The molecule has 0 unspecified atom stereocenters. The molecule has 3 aromatic rings. The van der Waals surface area contributed by atoms with Gasteiger partial charge < -0.3 is 23.8 Å². The zero-order chi connectivity index (χ0) is 27.1. The lowest BCUT2D eigenvalue weighted by atomic mass is 9.96. The molecule has 37 heavy (non-hydrogen) atoms. The van der Waals surface area contributed by atoms with E-state index in [1.165, 1.54) is 6.07 Å². The standard InChI is InChI=1S/C26H32N4O7/c1-7-10-20(31)34-18-13-19(35-21(32)11-8-2)17(12-16(18)14(4)5)24-22(25-28-15(6)36-30-25)23(29-37-24)26(33)27-9-3/h12-14H,7-11H2,1-6H3,(H,27,33). The zero-order valence-corrected chi connectivity index (χ0v) is 22.0. The minimum Gasteiger partial charge on any atom is -0.426 e. The number of aromatic nitrogens is 3. The van der Waals surface area contributed by atoms with Crippen LogP contribution in [0.5, 0.6) is 11.5 Å². The van der Waals surface area contributed by atoms with Crippen molar-refractivity contribution in [1.29, 1.82) is 0 Å². The maximum Gasteiger partial charge on any atom is 0.311 e. The van der Waals surface area contributed by atoms with E-state index in [-0.39, 0.29) is 59.0 Å². The smallest absolute Gasteiger partial charge is 0.311 e. The Hall–Kier alpha value is -4.02. The number of carbonyl (C=O) groups excluding carboxylic acids is 3. The van der Waals surface area contributed by atoms with Gasteiger partial charge >= 0.3 is 11.9 Å². The van der Waals surface area contributed by atoms with Gasteiger partial charge in [-0.3, -0.25) is 14.4 Å². The van der Waals surface area contributed by atoms with Gasteiger partial charge in [-0.15, -0.1) is 0 Å². The highest BCUT2D eigenvalue weighted by Crippen LogP contribution is 2.43. The van der Waals surface area contributed by atoms with Crippen molar-refractivity contribution >= 4 is 17.8 Å². The Morgan fingerprint density at radius 2 is 1.59 bits per heavy atom. The second kappa shape index (κ2) is 12.3. The summed E-state index contributed by atoms with van der Waals surface area (Å²) >= 11 is 0. The molecule has 3 rings (SSSR count). The number of nitrogens with zero attached hydrogens (tertiary/aromatic N) is 3. The third-order valence-electron chi connectivity index (χ3n) is 5.33. The van der Waals surface area contributed by atoms with Crippen molar-refractivity contribution in [2.75, 3.05) is 6.54 Å². The van der Waals surface area contributed by atoms with E-state index >= 15 is 0 Å². The van der Waals surface area contributed by atoms with Crippen LogP contribution in [0.25, 0.3) is 22.7 Å². The number of rotatable bonds is 11. The summed E-state index contributed by atoms with van der Waals surface area (Å²) in [5.74, 6) is -0.616. The molecule has 0 saturated carbocycles. The molecule has 1 N–H and O–H groups in total. The number of hydrogen-bond donors (Lipinski definition) is 1. The van der Waals surface area contributed by atoms with Crippen LogP contribution in [0.4, 0.5) is 0 Å². The van der Waals surface area contributed by atoms with Gasteiger partial charge in [0, 0.05) is 32.4 Å². The lowest BCUT2D eigenvalue weighted by Gasteiger charge is -2.17. The van der Waals surface area contributed by atoms with Gasteiger partial charge in [-0.1, -0.05) is 38.0 Å². The van der Waals surface area contributed by atoms with E-state index in [2.05, 4.69) is 20.6 Å². The van der Waals surface area contributed by atoms with Crippen molar-refractivity contribution in [2.45, 2.75) is 73.1 Å². The summed E-state index contributed by atoms with van der Waals surface area (Å²) in [4.78, 5) is 41.9. The fraction of sp³-hybridized carbons (Fsp3) is 0.462. The summed E-state index contributed by atoms with van der Waals surface area (Å²) in [6, 6.07) is 3.19. The molecule has 0 fully saturated rings. The number of hydrogen-bond acceptors (Lipinski definition) is 10. The van der Waals surface area contributed by atoms with E-state index in [1.807, 2.05) is 27.7 Å². The first-order chi connectivity index (χ1) is 17.7. The molecule has 2 aromatic heterocycles. The fourth-order valence-electron chi connectivity index (χ4n) is 3.62. The number of benzene rings is 1. The minimum absolute atomic E-state index is 0.0481. The molecule has 11 heteroatoms. The summed E-state index contributed by atoms with van der Waals surface area (Å²) in [6.45, 7) is 11.4. The third kappa shape index (κ3) is 6.41. The van der Waals surface area contributed by atoms with Gasteiger partial charge in [0.2, 0.25) is 11.7 Å². The van der Waals surface area contributed by atoms with E-state index in [4.69, 9.17) is 18.5 Å². The molecule has 0 bridgehead atoms. The van der Waals surface area contributed by atoms with Crippen molar-refractivity contribution in [2.24, 2.45) is 0 Å². The van der Waals surface area contributed by atoms with E-state index in [0.717, 1.165) is 0 Å². The number of nitrogens with one attached hydrogen (secondary N) is 1. The summed E-state index contributed by atoms with van der Waals surface area (Å²) in [7, 11) is 0. The van der Waals surface area contributed by atoms with Crippen molar-refractivity contribution in [3.63, 3.8) is 0 Å². The highest BCUT2D eigenvalue weighted by Gasteiger charge is 2.31. The maximum absolute atomic E-state index is 12.8. The summed E-state index contributed by atoms with van der Waals surface area (Å²) in [6.07, 6.45) is 1.62. The zero-order valence-electron chi connectivity index (χ0n) is 22.0. The second-order valence-corrected chi connectivity index (χ2v) is 8.72. The molecule has 0 aliphatic rings. The summed E-state index contributed by atoms with van der Waals surface area (Å²) in [5, 5.41) is 10.6. The van der Waals surface area contributed by atoms with Crippen molar-refractivity contribution in [3.8, 4) is 34.2 Å². The highest BCUT2D eigenvalue weighted by molar-refractivity contribution is 6.01. The normalized spacial score (nSPS) is 11.0. The topological polar surface area (TPSA) is 147 Å². The molecule has 0 atom stereocenters. The summed E-state index contributed by atoms with van der Waals surface area (Å²) in [5.41, 5.74) is 1.12. The molecule has 0 aliphatic heterocycles. The van der Waals surface area contributed by atoms with Gasteiger partial charge in [0.25, 0.3) is 5.91 Å². The van der Waals surface area contributed by atoms with Crippen LogP contribution >= 0.6 is 0 Å². The van der Waals surface area contributed by atoms with E-state index < -0.39 is 17.8 Å². The van der Waals surface area contributed by atoms with Crippen LogP contribution in [0.1, 0.15) is 88.2 Å². The van der Waals surface area contributed by atoms with Gasteiger partial charge in [0.1, 0.15) is 17.1 Å². The minimum atomic E-state index is -0.492. The largest absolute Gasteiger partial charge is 0.426 e. The Bertz CT molecular complexity index is 1280. The average molecular weight is 513 g/mol. The Morgan fingerprint density at radius 3 is 2.14 bits per heavy atom. The quantitative estimate of drug-likeness (QED) is 0.275. The van der Waals surface area contributed by atoms with E-state index in [9.17, 15) is 14.4 Å². The predicted molar refractivity (Wildman–Crippen MR) is 133 cm³/mol. The molecule has 0 spiro atoms. The van der Waals surface area contributed by atoms with Crippen LogP contribution < -0.4 is 14.8 Å². The lowest BCUT2D eigenvalue weighted by Crippen LogP contribution is -2.23. The first kappa shape index (κ1) is 27.6. The Labute approximate surface area is 214 Å². The SMILES string of the molecule is CCCC(=O)Oc1cc(OC(=O)CCC)c(C(C)C)cc1-c1onc(C(=O)NCC)c1-c1noc(C)n1. The van der Waals surface area contributed by atoms with Gasteiger partial charge in [-0.25, -0.2) is 0 Å². The van der Waals surface area contributed by atoms with Gasteiger partial charge in [-0.2, -0.15) is 4.98 Å². The van der Waals surface area contributed by atoms with Gasteiger partial charge in [0.05, 0.1) is 5.56 Å². The first-order valence-electron chi connectivity index (χ1n) is 12.4. The number of aryl methyl sites for hydroxylation is 1. The number of esters is 2.